The number of rotatable bonds is 5. The first kappa shape index (κ1) is 14.8. The van der Waals surface area contributed by atoms with Crippen molar-refractivity contribution in [3.8, 4) is 0 Å². The molecule has 1 aliphatic heterocycles. The molecule has 20 heavy (non-hydrogen) atoms. The standard InChI is InChI=1S/C15H23N3O2/c1-16-15(19)13-4-3-5-14(12-13)17(2)6-7-18-8-10-20-11-9-18/h3-5,12H,6-11H2,1-2H3,(H,16,19). The van der Waals surface area contributed by atoms with Crippen LogP contribution in [0.4, 0.5) is 5.69 Å². The monoisotopic (exact) mass is 277 g/mol. The van der Waals surface area contributed by atoms with Crippen LogP contribution in [-0.2, 0) is 4.74 Å². The number of carbonyl (C=O) groups is 1. The quantitative estimate of drug-likeness (QED) is 0.865. The van der Waals surface area contributed by atoms with Gasteiger partial charge in [0.05, 0.1) is 13.2 Å². The molecule has 110 valence electrons. The van der Waals surface area contributed by atoms with Gasteiger partial charge in [-0.05, 0) is 18.2 Å². The third-order valence-electron chi connectivity index (χ3n) is 3.63. The lowest BCUT2D eigenvalue weighted by molar-refractivity contribution is 0.0393. The average molecular weight is 277 g/mol. The molecule has 0 unspecified atom stereocenters. The number of amides is 1. The van der Waals surface area contributed by atoms with Crippen LogP contribution in [0.15, 0.2) is 24.3 Å². The zero-order valence-electron chi connectivity index (χ0n) is 12.3. The molecular weight excluding hydrogens is 254 g/mol. The third kappa shape index (κ3) is 3.95. The Kier molecular flexibility index (Phi) is 5.38. The van der Waals surface area contributed by atoms with Crippen LogP contribution in [0.3, 0.4) is 0 Å². The van der Waals surface area contributed by atoms with E-state index in [2.05, 4.69) is 22.2 Å². The summed E-state index contributed by atoms with van der Waals surface area (Å²) in [6, 6.07) is 7.72. The van der Waals surface area contributed by atoms with Gasteiger partial charge in [0.25, 0.3) is 5.91 Å². The van der Waals surface area contributed by atoms with E-state index < -0.39 is 0 Å². The van der Waals surface area contributed by atoms with E-state index in [1.54, 1.807) is 7.05 Å². The van der Waals surface area contributed by atoms with Gasteiger partial charge < -0.3 is 15.0 Å². The predicted octanol–water partition coefficient (Wildman–Crippen LogP) is 0.815. The second-order valence-corrected chi connectivity index (χ2v) is 5.01. The molecule has 0 aromatic heterocycles. The van der Waals surface area contributed by atoms with Crippen LogP contribution in [0, 0.1) is 0 Å². The minimum Gasteiger partial charge on any atom is -0.379 e. The summed E-state index contributed by atoms with van der Waals surface area (Å²) in [4.78, 5) is 16.2. The topological polar surface area (TPSA) is 44.8 Å². The minimum absolute atomic E-state index is 0.0478. The molecule has 1 amide bonds. The molecule has 0 saturated carbocycles. The predicted molar refractivity (Wildman–Crippen MR) is 80.4 cm³/mol. The molecule has 1 N–H and O–H groups in total. The number of hydrogen-bond donors (Lipinski definition) is 1. The first-order valence-electron chi connectivity index (χ1n) is 7.04. The molecule has 2 rings (SSSR count). The fourth-order valence-corrected chi connectivity index (χ4v) is 2.27. The van der Waals surface area contributed by atoms with Gasteiger partial charge in [-0.1, -0.05) is 6.07 Å². The lowest BCUT2D eigenvalue weighted by Gasteiger charge is -2.29. The maximum absolute atomic E-state index is 11.6. The molecule has 1 heterocycles. The van der Waals surface area contributed by atoms with E-state index in [0.717, 1.165) is 45.1 Å². The van der Waals surface area contributed by atoms with Crippen molar-refractivity contribution in [1.82, 2.24) is 10.2 Å². The Morgan fingerprint density at radius 3 is 2.85 bits per heavy atom. The molecule has 0 aliphatic carbocycles. The summed E-state index contributed by atoms with van der Waals surface area (Å²) >= 11 is 0. The van der Waals surface area contributed by atoms with Crippen molar-refractivity contribution in [1.29, 1.82) is 0 Å². The van der Waals surface area contributed by atoms with Crippen LogP contribution in [0.2, 0.25) is 0 Å². The van der Waals surface area contributed by atoms with E-state index in [1.807, 2.05) is 24.3 Å². The zero-order valence-corrected chi connectivity index (χ0v) is 12.3. The number of nitrogens with zero attached hydrogens (tertiary/aromatic N) is 2. The van der Waals surface area contributed by atoms with Gasteiger partial charge in [0.2, 0.25) is 0 Å². The first-order valence-corrected chi connectivity index (χ1v) is 7.04. The van der Waals surface area contributed by atoms with Crippen molar-refractivity contribution in [3.63, 3.8) is 0 Å². The minimum atomic E-state index is -0.0478. The highest BCUT2D eigenvalue weighted by molar-refractivity contribution is 5.94. The molecule has 5 nitrogen and oxygen atoms in total. The van der Waals surface area contributed by atoms with Crippen LogP contribution in [0.5, 0.6) is 0 Å². The van der Waals surface area contributed by atoms with Crippen molar-refractivity contribution in [2.75, 3.05) is 58.4 Å². The van der Waals surface area contributed by atoms with Gasteiger partial charge in [0, 0.05) is 51.5 Å². The molecule has 1 fully saturated rings. The number of carbonyl (C=O) groups excluding carboxylic acids is 1. The highest BCUT2D eigenvalue weighted by atomic mass is 16.5. The van der Waals surface area contributed by atoms with Gasteiger partial charge in [-0.15, -0.1) is 0 Å². The highest BCUT2D eigenvalue weighted by Gasteiger charge is 2.11. The van der Waals surface area contributed by atoms with Crippen molar-refractivity contribution >= 4 is 11.6 Å². The Balaban J connectivity index is 1.91. The highest BCUT2D eigenvalue weighted by Crippen LogP contribution is 2.14. The van der Waals surface area contributed by atoms with Crippen LogP contribution in [0.1, 0.15) is 10.4 Å². The molecule has 1 saturated heterocycles. The summed E-state index contributed by atoms with van der Waals surface area (Å²) in [6.07, 6.45) is 0. The van der Waals surface area contributed by atoms with Crippen LogP contribution >= 0.6 is 0 Å². The second kappa shape index (κ2) is 7.26. The lowest BCUT2D eigenvalue weighted by Crippen LogP contribution is -2.40. The SMILES string of the molecule is CNC(=O)c1cccc(N(C)CCN2CCOCC2)c1. The number of benzene rings is 1. The summed E-state index contributed by atoms with van der Waals surface area (Å²) in [7, 11) is 3.71. The number of ether oxygens (including phenoxy) is 1. The first-order chi connectivity index (χ1) is 9.70. The van der Waals surface area contributed by atoms with Crippen molar-refractivity contribution in [2.45, 2.75) is 0 Å². The van der Waals surface area contributed by atoms with Crippen molar-refractivity contribution < 1.29 is 9.53 Å². The Bertz CT molecular complexity index is 444. The zero-order chi connectivity index (χ0) is 14.4. The van der Waals surface area contributed by atoms with Crippen molar-refractivity contribution in [2.24, 2.45) is 0 Å². The van der Waals surface area contributed by atoms with Gasteiger partial charge in [0.15, 0.2) is 0 Å². The van der Waals surface area contributed by atoms with Crippen LogP contribution in [-0.4, -0.2) is 64.3 Å². The van der Waals surface area contributed by atoms with Gasteiger partial charge in [0.1, 0.15) is 0 Å². The molecule has 0 radical (unpaired) electrons. The van der Waals surface area contributed by atoms with E-state index >= 15 is 0 Å². The van der Waals surface area contributed by atoms with E-state index in [4.69, 9.17) is 4.74 Å². The average Bonchev–Trinajstić information content (AvgIpc) is 2.53. The Hall–Kier alpha value is -1.59. The van der Waals surface area contributed by atoms with E-state index in [-0.39, 0.29) is 5.91 Å². The Labute approximate surface area is 120 Å². The number of anilines is 1. The maximum atomic E-state index is 11.6. The maximum Gasteiger partial charge on any atom is 0.251 e. The number of likely N-dealkylation sites (N-methyl/N-ethyl adjacent to an activating group) is 1. The molecular formula is C15H23N3O2. The molecule has 5 heteroatoms. The second-order valence-electron chi connectivity index (χ2n) is 5.01. The molecule has 0 spiro atoms. The molecule has 1 aromatic carbocycles. The molecule has 1 aliphatic rings. The van der Waals surface area contributed by atoms with Gasteiger partial charge in [-0.25, -0.2) is 0 Å². The van der Waals surface area contributed by atoms with Crippen molar-refractivity contribution in [3.05, 3.63) is 29.8 Å². The molecule has 1 aromatic rings. The van der Waals surface area contributed by atoms with Gasteiger partial charge in [-0.3, -0.25) is 9.69 Å². The molecule has 0 bridgehead atoms. The van der Waals surface area contributed by atoms with Gasteiger partial charge in [-0.2, -0.15) is 0 Å². The third-order valence-corrected chi connectivity index (χ3v) is 3.63. The van der Waals surface area contributed by atoms with Crippen LogP contribution < -0.4 is 10.2 Å². The fraction of sp³-hybridized carbons (Fsp3) is 0.533. The number of nitrogens with one attached hydrogen (secondary N) is 1. The summed E-state index contributed by atoms with van der Waals surface area (Å²) in [5.74, 6) is -0.0478. The normalized spacial score (nSPS) is 15.9. The number of morpholine rings is 1. The van der Waals surface area contributed by atoms with E-state index in [9.17, 15) is 4.79 Å². The van der Waals surface area contributed by atoms with E-state index in [1.165, 1.54) is 0 Å². The van der Waals surface area contributed by atoms with Crippen LogP contribution in [0.25, 0.3) is 0 Å². The van der Waals surface area contributed by atoms with E-state index in [0.29, 0.717) is 5.56 Å². The van der Waals surface area contributed by atoms with Gasteiger partial charge >= 0.3 is 0 Å². The Morgan fingerprint density at radius 2 is 2.15 bits per heavy atom. The lowest BCUT2D eigenvalue weighted by atomic mass is 10.2. The number of hydrogen-bond acceptors (Lipinski definition) is 4. The fourth-order valence-electron chi connectivity index (χ4n) is 2.27. The summed E-state index contributed by atoms with van der Waals surface area (Å²) in [5, 5.41) is 2.65. The Morgan fingerprint density at radius 1 is 1.40 bits per heavy atom. The summed E-state index contributed by atoms with van der Waals surface area (Å²) in [5.41, 5.74) is 1.77. The summed E-state index contributed by atoms with van der Waals surface area (Å²) in [6.45, 7) is 5.63. The smallest absolute Gasteiger partial charge is 0.251 e. The molecule has 0 atom stereocenters. The summed E-state index contributed by atoms with van der Waals surface area (Å²) < 4.78 is 5.35. The largest absolute Gasteiger partial charge is 0.379 e.